The Morgan fingerprint density at radius 3 is 2.11 bits per heavy atom. The van der Waals surface area contributed by atoms with Gasteiger partial charge >= 0.3 is 0 Å². The van der Waals surface area contributed by atoms with Gasteiger partial charge in [-0.2, -0.15) is 0 Å². The Hall–Kier alpha value is -3.10. The van der Waals surface area contributed by atoms with Gasteiger partial charge in [0.1, 0.15) is 0 Å². The average molecular weight is 420 g/mol. The van der Waals surface area contributed by atoms with E-state index in [1.807, 2.05) is 0 Å². The molecule has 0 radical (unpaired) electrons. The molecule has 7 aromatic rings. The summed E-state index contributed by atoms with van der Waals surface area (Å²) in [6.45, 7) is 0. The van der Waals surface area contributed by atoms with Crippen LogP contribution < -0.4 is 0 Å². The highest BCUT2D eigenvalue weighted by Gasteiger charge is 2.18. The van der Waals surface area contributed by atoms with Crippen LogP contribution in [0, 0.1) is 0 Å². The van der Waals surface area contributed by atoms with Gasteiger partial charge in [0.15, 0.2) is 0 Å². The molecule has 2 aromatic heterocycles. The van der Waals surface area contributed by atoms with Crippen LogP contribution in [-0.4, -0.2) is 4.40 Å². The van der Waals surface area contributed by atoms with E-state index in [4.69, 9.17) is 0 Å². The monoisotopic (exact) mass is 419 g/mol. The molecule has 2 heterocycles. The number of pyridine rings is 1. The predicted octanol–water partition coefficient (Wildman–Crippen LogP) is 7.91. The van der Waals surface area contributed by atoms with Crippen molar-refractivity contribution in [2.24, 2.45) is 0 Å². The Morgan fingerprint density at radius 1 is 0.536 bits per heavy atom. The Labute approximate surface area is 169 Å². The molecule has 5 aromatic carbocycles. The summed E-state index contributed by atoms with van der Waals surface area (Å²) < 4.78 is 3.58. The third-order valence-electron chi connectivity index (χ3n) is 6.13. The smallest absolute Gasteiger partial charge is 0.0620 e. The summed E-state index contributed by atoms with van der Waals surface area (Å²) in [6.07, 6.45) is 0. The van der Waals surface area contributed by atoms with E-state index in [9.17, 15) is 0 Å². The first-order valence-corrected chi connectivity index (χ1v) is 10.3. The number of hydrogen-bond acceptors (Lipinski definition) is 0. The summed E-state index contributed by atoms with van der Waals surface area (Å²) in [7, 11) is 0. The number of benzene rings is 5. The van der Waals surface area contributed by atoms with E-state index < -0.39 is 0 Å². The first-order chi connectivity index (χ1) is 13.8. The Kier molecular flexibility index (Phi) is 2.68. The number of nitrogens with zero attached hydrogens (tertiary/aromatic N) is 1. The normalized spacial score (nSPS) is 12.5. The molecule has 0 saturated heterocycles. The average Bonchev–Trinajstić information content (AvgIpc) is 3.06. The van der Waals surface area contributed by atoms with Gasteiger partial charge in [0.05, 0.1) is 16.6 Å². The molecular weight excluding hydrogens is 406 g/mol. The number of rotatable bonds is 0. The molecule has 0 amide bonds. The fourth-order valence-corrected chi connectivity index (χ4v) is 5.52. The minimum Gasteiger partial charge on any atom is -0.308 e. The maximum absolute atomic E-state index is 3.77. The molecule has 2 heteroatoms. The van der Waals surface area contributed by atoms with E-state index in [2.05, 4.69) is 105 Å². The van der Waals surface area contributed by atoms with E-state index in [0.717, 1.165) is 4.47 Å². The number of halogens is 1. The third-order valence-corrected chi connectivity index (χ3v) is 6.58. The van der Waals surface area contributed by atoms with Crippen molar-refractivity contribution in [3.05, 3.63) is 89.4 Å². The minimum atomic E-state index is 1.12. The molecule has 28 heavy (non-hydrogen) atoms. The van der Waals surface area contributed by atoms with Crippen molar-refractivity contribution in [3.63, 3.8) is 0 Å². The Morgan fingerprint density at radius 2 is 1.21 bits per heavy atom. The van der Waals surface area contributed by atoms with Crippen molar-refractivity contribution in [1.29, 1.82) is 0 Å². The van der Waals surface area contributed by atoms with E-state index in [1.165, 1.54) is 59.6 Å². The van der Waals surface area contributed by atoms with Crippen molar-refractivity contribution in [2.45, 2.75) is 0 Å². The lowest BCUT2D eigenvalue weighted by atomic mass is 9.94. The lowest BCUT2D eigenvalue weighted by Gasteiger charge is -2.15. The Bertz CT molecular complexity index is 1720. The molecule has 130 valence electrons. The molecule has 0 aliphatic carbocycles. The van der Waals surface area contributed by atoms with E-state index in [1.54, 1.807) is 0 Å². The molecule has 0 aliphatic rings. The maximum atomic E-state index is 3.77. The minimum absolute atomic E-state index is 1.12. The van der Waals surface area contributed by atoms with Crippen LogP contribution in [0.1, 0.15) is 0 Å². The summed E-state index contributed by atoms with van der Waals surface area (Å²) in [5.41, 5.74) is 3.85. The second-order valence-corrected chi connectivity index (χ2v) is 8.46. The van der Waals surface area contributed by atoms with E-state index >= 15 is 0 Å². The van der Waals surface area contributed by atoms with Gasteiger partial charge in [-0.3, -0.25) is 0 Å². The Balaban J connectivity index is 1.97. The molecule has 1 nitrogen and oxygen atoms in total. The summed E-state index contributed by atoms with van der Waals surface area (Å²) >= 11 is 3.77. The number of aromatic nitrogens is 1. The zero-order chi connectivity index (χ0) is 18.4. The molecule has 0 atom stereocenters. The van der Waals surface area contributed by atoms with E-state index in [0.29, 0.717) is 0 Å². The quantitative estimate of drug-likeness (QED) is 0.173. The van der Waals surface area contributed by atoms with Crippen LogP contribution in [0.5, 0.6) is 0 Å². The molecule has 0 saturated carbocycles. The van der Waals surface area contributed by atoms with Crippen LogP contribution in [0.15, 0.2) is 89.4 Å². The van der Waals surface area contributed by atoms with E-state index in [-0.39, 0.29) is 0 Å². The zero-order valence-corrected chi connectivity index (χ0v) is 16.5. The van der Waals surface area contributed by atoms with Crippen LogP contribution >= 0.6 is 15.9 Å². The van der Waals surface area contributed by atoms with Gasteiger partial charge in [-0.15, -0.1) is 0 Å². The van der Waals surface area contributed by atoms with Crippen molar-refractivity contribution in [2.75, 3.05) is 0 Å². The summed E-state index contributed by atoms with van der Waals surface area (Å²) in [6, 6.07) is 31.1. The molecule has 7 rings (SSSR count). The highest BCUT2D eigenvalue weighted by atomic mass is 79.9. The standard InChI is InChI=1S/C26H14BrN/c27-16-13-21-18-8-3-4-10-23(18)28-24-11-5-9-19-17-7-2-1-6-15(17)12-20(25(19)24)22(14-16)26(21)28/h1-14H. The van der Waals surface area contributed by atoms with Gasteiger partial charge in [0.2, 0.25) is 0 Å². The fourth-order valence-electron chi connectivity index (χ4n) is 5.06. The molecular formula is C26H14BrN. The summed E-state index contributed by atoms with van der Waals surface area (Å²) in [5, 5.41) is 10.5. The molecule has 0 fully saturated rings. The van der Waals surface area contributed by atoms with Crippen LogP contribution in [0.3, 0.4) is 0 Å². The van der Waals surface area contributed by atoms with Crippen molar-refractivity contribution in [3.8, 4) is 0 Å². The maximum Gasteiger partial charge on any atom is 0.0620 e. The third kappa shape index (κ3) is 1.68. The van der Waals surface area contributed by atoms with Gasteiger partial charge in [-0.1, -0.05) is 70.5 Å². The van der Waals surface area contributed by atoms with Gasteiger partial charge < -0.3 is 4.40 Å². The molecule has 0 unspecified atom stereocenters. The van der Waals surface area contributed by atoms with Gasteiger partial charge in [0, 0.05) is 26.0 Å². The predicted molar refractivity (Wildman–Crippen MR) is 124 cm³/mol. The second-order valence-electron chi connectivity index (χ2n) is 7.55. The largest absolute Gasteiger partial charge is 0.308 e. The highest BCUT2D eigenvalue weighted by molar-refractivity contribution is 9.10. The fraction of sp³-hybridized carbons (Fsp3) is 0. The van der Waals surface area contributed by atoms with Crippen molar-refractivity contribution >= 4 is 75.6 Å². The SMILES string of the molecule is Brc1cc2c3cc4ccccc4c4cccc(c43)n3c4ccccc4c(c1)c23. The summed E-state index contributed by atoms with van der Waals surface area (Å²) in [5.74, 6) is 0. The summed E-state index contributed by atoms with van der Waals surface area (Å²) in [4.78, 5) is 0. The molecule has 0 N–H and O–H groups in total. The lowest BCUT2D eigenvalue weighted by molar-refractivity contribution is 1.35. The molecule has 0 bridgehead atoms. The second kappa shape index (κ2) is 5.03. The van der Waals surface area contributed by atoms with Gasteiger partial charge in [-0.25, -0.2) is 0 Å². The first-order valence-electron chi connectivity index (χ1n) is 9.49. The first kappa shape index (κ1) is 14.9. The van der Waals surface area contributed by atoms with Crippen LogP contribution in [-0.2, 0) is 0 Å². The van der Waals surface area contributed by atoms with Gasteiger partial charge in [0.25, 0.3) is 0 Å². The highest BCUT2D eigenvalue weighted by Crippen LogP contribution is 2.43. The van der Waals surface area contributed by atoms with Crippen LogP contribution in [0.4, 0.5) is 0 Å². The van der Waals surface area contributed by atoms with Crippen molar-refractivity contribution in [1.82, 2.24) is 4.40 Å². The lowest BCUT2D eigenvalue weighted by Crippen LogP contribution is -1.93. The van der Waals surface area contributed by atoms with Gasteiger partial charge in [-0.05, 0) is 51.9 Å². The van der Waals surface area contributed by atoms with Crippen molar-refractivity contribution < 1.29 is 0 Å². The van der Waals surface area contributed by atoms with Crippen LogP contribution in [0.25, 0.3) is 59.6 Å². The molecule has 0 aliphatic heterocycles. The molecule has 0 spiro atoms. The topological polar surface area (TPSA) is 4.41 Å². The zero-order valence-electron chi connectivity index (χ0n) is 14.9. The number of hydrogen-bond donors (Lipinski definition) is 0. The number of para-hydroxylation sites is 1. The number of fused-ring (bicyclic) bond motifs is 7. The van der Waals surface area contributed by atoms with Crippen LogP contribution in [0.2, 0.25) is 0 Å².